The number of amides is 2. The first kappa shape index (κ1) is 23.7. The fourth-order valence-electron chi connectivity index (χ4n) is 4.53. The minimum atomic E-state index is -4.80. The third kappa shape index (κ3) is 4.86. The van der Waals surface area contributed by atoms with E-state index in [0.29, 0.717) is 29.1 Å². The maximum atomic E-state index is 12.7. The number of nitrogens with one attached hydrogen (secondary N) is 1. The summed E-state index contributed by atoms with van der Waals surface area (Å²) in [6, 6.07) is 11.2. The van der Waals surface area contributed by atoms with Crippen LogP contribution in [-0.4, -0.2) is 42.7 Å². The molecule has 1 saturated heterocycles. The van der Waals surface area contributed by atoms with Crippen LogP contribution in [0.4, 0.5) is 23.7 Å². The van der Waals surface area contributed by atoms with Gasteiger partial charge in [0.1, 0.15) is 17.5 Å². The Labute approximate surface area is 204 Å². The summed E-state index contributed by atoms with van der Waals surface area (Å²) in [6.45, 7) is 1.89. The highest BCUT2D eigenvalue weighted by atomic mass is 19.4. The molecule has 3 aromatic rings. The van der Waals surface area contributed by atoms with Crippen LogP contribution in [-0.2, 0) is 22.4 Å². The van der Waals surface area contributed by atoms with Gasteiger partial charge < -0.3 is 19.3 Å². The first-order valence-corrected chi connectivity index (χ1v) is 11.4. The number of hydrogen-bond donors (Lipinski definition) is 1. The maximum absolute atomic E-state index is 12.7. The zero-order chi connectivity index (χ0) is 25.4. The standard InChI is InChI=1S/C25H22F3N3O5/c1-14(32)29-12-19-13-31(24(33)34-19)17-9-8-15-4-3-7-20-22(30-36-23(20)21(15)11-17)16-5-2-6-18(10-16)35-25(26,27)28/h2,5-6,8-11,19H,3-4,7,12-13H2,1H3,(H,29,32). The molecule has 1 aliphatic heterocycles. The van der Waals surface area contributed by atoms with Gasteiger partial charge >= 0.3 is 12.5 Å². The lowest BCUT2D eigenvalue weighted by Gasteiger charge is -2.15. The second-order valence-corrected chi connectivity index (χ2v) is 8.66. The summed E-state index contributed by atoms with van der Waals surface area (Å²) in [5, 5.41) is 6.83. The van der Waals surface area contributed by atoms with Gasteiger partial charge in [-0.25, -0.2) is 4.79 Å². The first-order valence-electron chi connectivity index (χ1n) is 11.4. The van der Waals surface area contributed by atoms with Crippen LogP contribution in [0.15, 0.2) is 47.0 Å². The SMILES string of the molecule is CC(=O)NCC1CN(c2ccc3c(c2)-c2onc(-c4cccc(OC(F)(F)F)c4)c2CCC3)C(=O)O1. The van der Waals surface area contributed by atoms with Crippen LogP contribution in [0.2, 0.25) is 0 Å². The Bertz CT molecular complexity index is 1320. The molecule has 0 spiro atoms. The van der Waals surface area contributed by atoms with Gasteiger partial charge in [0.2, 0.25) is 5.91 Å². The molecule has 2 aromatic carbocycles. The van der Waals surface area contributed by atoms with Gasteiger partial charge in [-0.15, -0.1) is 13.2 Å². The van der Waals surface area contributed by atoms with E-state index in [-0.39, 0.29) is 24.7 Å². The number of anilines is 1. The molecule has 8 nitrogen and oxygen atoms in total. The molecule has 1 atom stereocenters. The number of nitrogens with zero attached hydrogens (tertiary/aromatic N) is 2. The summed E-state index contributed by atoms with van der Waals surface area (Å²) >= 11 is 0. The van der Waals surface area contributed by atoms with Gasteiger partial charge in [0.25, 0.3) is 0 Å². The van der Waals surface area contributed by atoms with Crippen LogP contribution in [0.3, 0.4) is 0 Å². The number of carbonyl (C=O) groups excluding carboxylic acids is 2. The lowest BCUT2D eigenvalue weighted by atomic mass is 9.99. The smallest absolute Gasteiger partial charge is 0.442 e. The van der Waals surface area contributed by atoms with Crippen LogP contribution >= 0.6 is 0 Å². The molecule has 2 amide bonds. The Morgan fingerprint density at radius 2 is 2.06 bits per heavy atom. The van der Waals surface area contributed by atoms with E-state index in [9.17, 15) is 22.8 Å². The Morgan fingerprint density at radius 3 is 2.83 bits per heavy atom. The molecule has 1 aliphatic carbocycles. The van der Waals surface area contributed by atoms with Crippen LogP contribution in [0.5, 0.6) is 5.75 Å². The molecule has 1 fully saturated rings. The van der Waals surface area contributed by atoms with Gasteiger partial charge in [-0.05, 0) is 49.1 Å². The van der Waals surface area contributed by atoms with Crippen LogP contribution in [0, 0.1) is 0 Å². The Hall–Kier alpha value is -4.02. The highest BCUT2D eigenvalue weighted by molar-refractivity contribution is 5.91. The zero-order valence-corrected chi connectivity index (χ0v) is 19.2. The molecular formula is C25H22F3N3O5. The summed E-state index contributed by atoms with van der Waals surface area (Å²) in [4.78, 5) is 25.2. The second-order valence-electron chi connectivity index (χ2n) is 8.66. The van der Waals surface area contributed by atoms with Crippen LogP contribution in [0.1, 0.15) is 24.5 Å². The predicted molar refractivity (Wildman–Crippen MR) is 122 cm³/mol. The fourth-order valence-corrected chi connectivity index (χ4v) is 4.53. The first-order chi connectivity index (χ1) is 17.2. The Morgan fingerprint density at radius 1 is 1.22 bits per heavy atom. The van der Waals surface area contributed by atoms with Crippen molar-refractivity contribution < 1.29 is 36.8 Å². The molecule has 2 aliphatic rings. The van der Waals surface area contributed by atoms with E-state index in [4.69, 9.17) is 9.26 Å². The summed E-state index contributed by atoms with van der Waals surface area (Å²) in [7, 11) is 0. The Kier molecular flexibility index (Phi) is 6.07. The molecule has 5 rings (SSSR count). The lowest BCUT2D eigenvalue weighted by molar-refractivity contribution is -0.274. The molecule has 188 valence electrons. The van der Waals surface area contributed by atoms with Gasteiger partial charge in [0.05, 0.1) is 13.1 Å². The summed E-state index contributed by atoms with van der Waals surface area (Å²) in [5.74, 6) is -0.0306. The normalized spacial score (nSPS) is 17.2. The van der Waals surface area contributed by atoms with Crippen molar-refractivity contribution in [3.05, 3.63) is 53.6 Å². The Balaban J connectivity index is 1.46. The number of alkyl halides is 3. The summed E-state index contributed by atoms with van der Waals surface area (Å²) in [5.41, 5.74) is 4.06. The highest BCUT2D eigenvalue weighted by Gasteiger charge is 2.34. The third-order valence-corrected chi connectivity index (χ3v) is 6.10. The van der Waals surface area contributed by atoms with Crippen molar-refractivity contribution in [3.8, 4) is 28.3 Å². The number of ether oxygens (including phenoxy) is 2. The largest absolute Gasteiger partial charge is 0.573 e. The number of carbonyl (C=O) groups is 2. The minimum Gasteiger partial charge on any atom is -0.442 e. The summed E-state index contributed by atoms with van der Waals surface area (Å²) < 4.78 is 53.2. The van der Waals surface area contributed by atoms with Crippen molar-refractivity contribution in [1.82, 2.24) is 10.5 Å². The van der Waals surface area contributed by atoms with Gasteiger partial charge in [-0.2, -0.15) is 0 Å². The van der Waals surface area contributed by atoms with Crippen molar-refractivity contribution in [2.75, 3.05) is 18.0 Å². The van der Waals surface area contributed by atoms with Gasteiger partial charge in [-0.3, -0.25) is 9.69 Å². The quantitative estimate of drug-likeness (QED) is 0.537. The van der Waals surface area contributed by atoms with Crippen molar-refractivity contribution >= 4 is 17.7 Å². The monoisotopic (exact) mass is 501 g/mol. The highest BCUT2D eigenvalue weighted by Crippen LogP contribution is 2.40. The fraction of sp³-hybridized carbons (Fsp3) is 0.320. The van der Waals surface area contributed by atoms with E-state index in [2.05, 4.69) is 15.2 Å². The number of aryl methyl sites for hydroxylation is 1. The number of cyclic esters (lactones) is 1. The molecule has 11 heteroatoms. The molecule has 1 aromatic heterocycles. The lowest BCUT2D eigenvalue weighted by Crippen LogP contribution is -2.33. The molecule has 0 radical (unpaired) electrons. The van der Waals surface area contributed by atoms with E-state index in [1.807, 2.05) is 18.2 Å². The minimum absolute atomic E-state index is 0.210. The predicted octanol–water partition coefficient (Wildman–Crippen LogP) is 4.86. The third-order valence-electron chi connectivity index (χ3n) is 6.10. The van der Waals surface area contributed by atoms with E-state index in [1.54, 1.807) is 6.07 Å². The van der Waals surface area contributed by atoms with Gasteiger partial charge in [0.15, 0.2) is 5.76 Å². The topological polar surface area (TPSA) is 93.9 Å². The molecule has 1 N–H and O–H groups in total. The second kappa shape index (κ2) is 9.21. The van der Waals surface area contributed by atoms with E-state index < -0.39 is 18.6 Å². The van der Waals surface area contributed by atoms with Crippen LogP contribution in [0.25, 0.3) is 22.6 Å². The van der Waals surface area contributed by atoms with Crippen LogP contribution < -0.4 is 15.0 Å². The molecule has 2 heterocycles. The number of hydrogen-bond acceptors (Lipinski definition) is 6. The maximum Gasteiger partial charge on any atom is 0.573 e. The van der Waals surface area contributed by atoms with Gasteiger partial charge in [-0.1, -0.05) is 23.4 Å². The number of fused-ring (bicyclic) bond motifs is 3. The number of rotatable bonds is 5. The number of halogens is 3. The summed E-state index contributed by atoms with van der Waals surface area (Å²) in [6.07, 6.45) is -3.62. The van der Waals surface area contributed by atoms with Crippen molar-refractivity contribution in [1.29, 1.82) is 0 Å². The van der Waals surface area contributed by atoms with E-state index in [1.165, 1.54) is 30.0 Å². The molecular weight excluding hydrogens is 479 g/mol. The molecule has 0 saturated carbocycles. The van der Waals surface area contributed by atoms with Crippen molar-refractivity contribution in [2.24, 2.45) is 0 Å². The van der Waals surface area contributed by atoms with Crippen molar-refractivity contribution in [3.63, 3.8) is 0 Å². The average molecular weight is 501 g/mol. The van der Waals surface area contributed by atoms with Gasteiger partial charge in [0, 0.05) is 29.3 Å². The molecule has 1 unspecified atom stereocenters. The number of benzene rings is 2. The zero-order valence-electron chi connectivity index (χ0n) is 19.2. The molecule has 0 bridgehead atoms. The van der Waals surface area contributed by atoms with Crippen molar-refractivity contribution in [2.45, 2.75) is 38.7 Å². The van der Waals surface area contributed by atoms with E-state index in [0.717, 1.165) is 29.5 Å². The average Bonchev–Trinajstić information content (AvgIpc) is 3.35. The molecule has 36 heavy (non-hydrogen) atoms. The van der Waals surface area contributed by atoms with E-state index >= 15 is 0 Å². The number of aromatic nitrogens is 1.